The van der Waals surface area contributed by atoms with Gasteiger partial charge < -0.3 is 0 Å². The van der Waals surface area contributed by atoms with Gasteiger partial charge in [-0.15, -0.1) is 5.10 Å². The number of aryl methyl sites for hydroxylation is 1. The number of rotatable bonds is 6. The third-order valence-corrected chi connectivity index (χ3v) is 3.88. The molecule has 0 saturated carbocycles. The molecule has 0 fully saturated rings. The molecule has 2 heterocycles. The molecular formula is C12H16BrN5OS. The van der Waals surface area contributed by atoms with Gasteiger partial charge in [-0.2, -0.15) is 0 Å². The Morgan fingerprint density at radius 3 is 2.85 bits per heavy atom. The van der Waals surface area contributed by atoms with Crippen molar-refractivity contribution in [1.82, 2.24) is 24.7 Å². The first-order valence-corrected chi connectivity index (χ1v) is 8.11. The molecule has 8 heteroatoms. The van der Waals surface area contributed by atoms with Crippen molar-refractivity contribution in [3.05, 3.63) is 27.0 Å². The fourth-order valence-electron chi connectivity index (χ4n) is 1.73. The summed E-state index contributed by atoms with van der Waals surface area (Å²) in [6, 6.07) is 1.83. The van der Waals surface area contributed by atoms with Crippen LogP contribution in [0.2, 0.25) is 0 Å². The van der Waals surface area contributed by atoms with E-state index >= 15 is 0 Å². The van der Waals surface area contributed by atoms with Gasteiger partial charge in [0.25, 0.3) is 0 Å². The number of nitrogens with zero attached hydrogens (tertiary/aromatic N) is 4. The molecule has 2 aromatic heterocycles. The average Bonchev–Trinajstić information content (AvgIpc) is 2.72. The molecular weight excluding hydrogens is 342 g/mol. The molecule has 0 aliphatic carbocycles. The first kappa shape index (κ1) is 15.2. The molecule has 2 rings (SSSR count). The van der Waals surface area contributed by atoms with Crippen molar-refractivity contribution in [1.29, 1.82) is 0 Å². The van der Waals surface area contributed by atoms with Crippen molar-refractivity contribution < 1.29 is 0 Å². The first-order valence-electron chi connectivity index (χ1n) is 6.50. The van der Waals surface area contributed by atoms with Gasteiger partial charge in [-0.05, 0) is 40.5 Å². The lowest BCUT2D eigenvalue weighted by molar-refractivity contribution is 0.603. The molecule has 0 unspecified atom stereocenters. The summed E-state index contributed by atoms with van der Waals surface area (Å²) in [6.45, 7) is 4.75. The van der Waals surface area contributed by atoms with Gasteiger partial charge >= 0.3 is 5.69 Å². The number of hydrogen-bond donors (Lipinski definition) is 1. The third-order valence-electron chi connectivity index (χ3n) is 2.56. The summed E-state index contributed by atoms with van der Waals surface area (Å²) >= 11 is 4.76. The maximum atomic E-state index is 11.6. The topological polar surface area (TPSA) is 76.5 Å². The predicted octanol–water partition coefficient (Wildman–Crippen LogP) is 2.64. The summed E-state index contributed by atoms with van der Waals surface area (Å²) in [5.74, 6) is 0.796. The quantitative estimate of drug-likeness (QED) is 0.804. The summed E-state index contributed by atoms with van der Waals surface area (Å²) in [7, 11) is 0. The van der Waals surface area contributed by atoms with Gasteiger partial charge in [-0.3, -0.25) is 4.57 Å². The molecule has 6 nitrogen and oxygen atoms in total. The molecule has 20 heavy (non-hydrogen) atoms. The molecule has 0 radical (unpaired) electrons. The van der Waals surface area contributed by atoms with Crippen molar-refractivity contribution in [3.63, 3.8) is 0 Å². The van der Waals surface area contributed by atoms with E-state index in [9.17, 15) is 4.79 Å². The maximum Gasteiger partial charge on any atom is 0.343 e. The van der Waals surface area contributed by atoms with Gasteiger partial charge in [0.1, 0.15) is 15.5 Å². The summed E-state index contributed by atoms with van der Waals surface area (Å²) in [4.78, 5) is 20.5. The molecule has 0 aliphatic rings. The van der Waals surface area contributed by atoms with Crippen LogP contribution < -0.4 is 5.69 Å². The lowest BCUT2D eigenvalue weighted by Crippen LogP contribution is -2.17. The van der Waals surface area contributed by atoms with Crippen LogP contribution in [0.4, 0.5) is 0 Å². The number of aromatic nitrogens is 5. The number of hydrogen-bond acceptors (Lipinski definition) is 5. The minimum atomic E-state index is -0.184. The van der Waals surface area contributed by atoms with Crippen molar-refractivity contribution in [2.75, 3.05) is 0 Å². The van der Waals surface area contributed by atoms with Crippen LogP contribution in [0.3, 0.4) is 0 Å². The largest absolute Gasteiger partial charge is 0.343 e. The highest BCUT2D eigenvalue weighted by Gasteiger charge is 2.11. The highest BCUT2D eigenvalue weighted by atomic mass is 79.9. The highest BCUT2D eigenvalue weighted by Crippen LogP contribution is 2.25. The SMILES string of the molecule is CCCc1nc(Br)cc(Sc2n[nH]c(=O)n2CCC)n1. The van der Waals surface area contributed by atoms with Crippen LogP contribution in [0.1, 0.15) is 32.5 Å². The molecule has 0 atom stereocenters. The molecule has 0 saturated heterocycles. The van der Waals surface area contributed by atoms with Gasteiger partial charge in [0.2, 0.25) is 0 Å². The summed E-state index contributed by atoms with van der Waals surface area (Å²) in [6.07, 6.45) is 2.69. The van der Waals surface area contributed by atoms with E-state index in [4.69, 9.17) is 0 Å². The normalized spacial score (nSPS) is 10.9. The Kier molecular flexibility index (Phi) is 5.36. The van der Waals surface area contributed by atoms with E-state index in [1.165, 1.54) is 11.8 Å². The van der Waals surface area contributed by atoms with Crippen LogP contribution in [0.5, 0.6) is 0 Å². The van der Waals surface area contributed by atoms with Gasteiger partial charge in [-0.25, -0.2) is 19.9 Å². The Hall–Kier alpha value is -1.15. The molecule has 2 aromatic rings. The van der Waals surface area contributed by atoms with E-state index in [1.54, 1.807) is 4.57 Å². The molecule has 0 amide bonds. The lowest BCUT2D eigenvalue weighted by Gasteiger charge is -2.05. The Labute approximate surface area is 129 Å². The molecule has 0 spiro atoms. The molecule has 0 bridgehead atoms. The maximum absolute atomic E-state index is 11.6. The Morgan fingerprint density at radius 2 is 2.15 bits per heavy atom. The third kappa shape index (κ3) is 3.69. The lowest BCUT2D eigenvalue weighted by atomic mass is 10.3. The van der Waals surface area contributed by atoms with Crippen molar-refractivity contribution in [2.45, 2.75) is 49.8 Å². The monoisotopic (exact) mass is 357 g/mol. The van der Waals surface area contributed by atoms with E-state index in [0.717, 1.165) is 34.7 Å². The van der Waals surface area contributed by atoms with Gasteiger partial charge in [0.05, 0.1) is 0 Å². The number of nitrogens with one attached hydrogen (secondary N) is 1. The fourth-order valence-corrected chi connectivity index (χ4v) is 3.18. The van der Waals surface area contributed by atoms with E-state index < -0.39 is 0 Å². The second kappa shape index (κ2) is 7.03. The second-order valence-electron chi connectivity index (χ2n) is 4.26. The smallest absolute Gasteiger partial charge is 0.270 e. The summed E-state index contributed by atoms with van der Waals surface area (Å²) < 4.78 is 2.37. The highest BCUT2D eigenvalue weighted by molar-refractivity contribution is 9.10. The van der Waals surface area contributed by atoms with Crippen LogP contribution in [-0.4, -0.2) is 24.7 Å². The minimum absolute atomic E-state index is 0.184. The van der Waals surface area contributed by atoms with Gasteiger partial charge in [0.15, 0.2) is 5.16 Å². The zero-order chi connectivity index (χ0) is 14.5. The number of aromatic amines is 1. The summed E-state index contributed by atoms with van der Waals surface area (Å²) in [5.41, 5.74) is -0.184. The second-order valence-corrected chi connectivity index (χ2v) is 6.06. The van der Waals surface area contributed by atoms with E-state index in [0.29, 0.717) is 11.7 Å². The number of halogens is 1. The molecule has 108 valence electrons. The fraction of sp³-hybridized carbons (Fsp3) is 0.500. The average molecular weight is 358 g/mol. The van der Waals surface area contributed by atoms with E-state index in [1.807, 2.05) is 13.0 Å². The van der Waals surface area contributed by atoms with Crippen molar-refractivity contribution in [2.24, 2.45) is 0 Å². The van der Waals surface area contributed by atoms with E-state index in [2.05, 4.69) is 43.0 Å². The Bertz CT molecular complexity index is 639. The Balaban J connectivity index is 2.27. The van der Waals surface area contributed by atoms with Gasteiger partial charge in [-0.1, -0.05) is 13.8 Å². The van der Waals surface area contributed by atoms with Crippen LogP contribution in [-0.2, 0) is 13.0 Å². The summed E-state index contributed by atoms with van der Waals surface area (Å²) in [5, 5.41) is 7.94. The van der Waals surface area contributed by atoms with Crippen molar-refractivity contribution in [3.8, 4) is 0 Å². The van der Waals surface area contributed by atoms with Crippen molar-refractivity contribution >= 4 is 27.7 Å². The number of H-pyrrole nitrogens is 1. The Morgan fingerprint density at radius 1 is 1.35 bits per heavy atom. The molecule has 0 aliphatic heterocycles. The minimum Gasteiger partial charge on any atom is -0.270 e. The standard InChI is InChI=1S/C12H16BrN5OS/c1-3-5-9-14-8(13)7-10(15-9)20-12-17-16-11(19)18(12)6-4-2/h7H,3-6H2,1-2H3,(H,16,19). The zero-order valence-corrected chi connectivity index (χ0v) is 13.8. The van der Waals surface area contributed by atoms with Crippen LogP contribution >= 0.6 is 27.7 Å². The predicted molar refractivity (Wildman–Crippen MR) is 81.0 cm³/mol. The molecule has 0 aromatic carbocycles. The zero-order valence-electron chi connectivity index (χ0n) is 11.4. The van der Waals surface area contributed by atoms with Gasteiger partial charge in [0, 0.05) is 19.0 Å². The van der Waals surface area contributed by atoms with Crippen LogP contribution in [0.15, 0.2) is 25.6 Å². The van der Waals surface area contributed by atoms with Crippen LogP contribution in [0, 0.1) is 0 Å². The van der Waals surface area contributed by atoms with Crippen LogP contribution in [0.25, 0.3) is 0 Å². The van der Waals surface area contributed by atoms with E-state index in [-0.39, 0.29) is 5.69 Å². The molecule has 1 N–H and O–H groups in total. The first-order chi connectivity index (χ1) is 9.63.